The summed E-state index contributed by atoms with van der Waals surface area (Å²) in [6.45, 7) is 3.23. The monoisotopic (exact) mass is 566 g/mol. The van der Waals surface area contributed by atoms with Gasteiger partial charge < -0.3 is 9.47 Å². The van der Waals surface area contributed by atoms with Crippen LogP contribution in [-0.4, -0.2) is 18.8 Å². The van der Waals surface area contributed by atoms with Gasteiger partial charge in [0.15, 0.2) is 0 Å². The van der Waals surface area contributed by atoms with E-state index in [2.05, 4.69) is 19.1 Å². The zero-order valence-corrected chi connectivity index (χ0v) is 26.3. The lowest BCUT2D eigenvalue weighted by Gasteiger charge is -2.60. The lowest BCUT2D eigenvalue weighted by Crippen LogP contribution is -2.51. The number of hydrogen-bond acceptors (Lipinski definition) is 2. The van der Waals surface area contributed by atoms with E-state index in [0.29, 0.717) is 22.3 Å². The molecule has 42 heavy (non-hydrogen) atoms. The van der Waals surface area contributed by atoms with Crippen molar-refractivity contribution in [3.05, 3.63) is 28.8 Å². The molecule has 0 N–H and O–H groups in total. The summed E-state index contributed by atoms with van der Waals surface area (Å²) in [5.41, 5.74) is 6.53. The van der Waals surface area contributed by atoms with E-state index in [9.17, 15) is 0 Å². The molecule has 12 saturated carbocycles. The van der Waals surface area contributed by atoms with Gasteiger partial charge in [0.1, 0.15) is 18.0 Å². The molecule has 0 radical (unpaired) electrons. The molecule has 2 nitrogen and oxygen atoms in total. The fourth-order valence-electron chi connectivity index (χ4n) is 15.8. The quantitative estimate of drug-likeness (QED) is 0.320. The number of hydrogen-bond donors (Lipinski definition) is 0. The van der Waals surface area contributed by atoms with Gasteiger partial charge in [0, 0.05) is 11.1 Å². The van der Waals surface area contributed by atoms with Crippen molar-refractivity contribution in [3.63, 3.8) is 0 Å². The van der Waals surface area contributed by atoms with Gasteiger partial charge in [-0.25, -0.2) is 0 Å². The van der Waals surface area contributed by atoms with Crippen molar-refractivity contribution in [3.8, 4) is 5.75 Å². The molecule has 13 fully saturated rings. The third kappa shape index (κ3) is 3.60. The predicted molar refractivity (Wildman–Crippen MR) is 166 cm³/mol. The first kappa shape index (κ1) is 25.2. The Balaban J connectivity index is 1.13. The Morgan fingerprint density at radius 1 is 0.548 bits per heavy atom. The largest absolute Gasteiger partial charge is 0.487 e. The number of epoxide rings is 1. The van der Waals surface area contributed by atoms with Crippen molar-refractivity contribution in [2.45, 2.75) is 151 Å². The predicted octanol–water partition coefficient (Wildman–Crippen LogP) is 9.26. The first-order valence-corrected chi connectivity index (χ1v) is 18.9. The molecule has 1 aliphatic heterocycles. The molecule has 12 aliphatic carbocycles. The Kier molecular flexibility index (Phi) is 5.05. The molecule has 12 bridgehead atoms. The first-order valence-electron chi connectivity index (χ1n) is 18.9. The molecule has 14 rings (SSSR count). The number of rotatable bonds is 6. The fraction of sp³-hybridized carbons (Fsp3) is 0.850. The van der Waals surface area contributed by atoms with Gasteiger partial charge in [-0.3, -0.25) is 0 Å². The summed E-state index contributed by atoms with van der Waals surface area (Å²) in [7, 11) is 0. The summed E-state index contributed by atoms with van der Waals surface area (Å²) in [6, 6.07) is 5.78. The molecule has 2 atom stereocenters. The summed E-state index contributed by atoms with van der Waals surface area (Å²) < 4.78 is 13.3. The van der Waals surface area contributed by atoms with Crippen LogP contribution in [0.5, 0.6) is 5.75 Å². The minimum atomic E-state index is 0.177. The van der Waals surface area contributed by atoms with Crippen LogP contribution < -0.4 is 4.74 Å². The van der Waals surface area contributed by atoms with Crippen LogP contribution in [0.2, 0.25) is 0 Å². The Morgan fingerprint density at radius 3 is 1.17 bits per heavy atom. The van der Waals surface area contributed by atoms with Gasteiger partial charge in [0.05, 0.1) is 6.61 Å². The SMILES string of the molecule is CC(Oc1c(C23CC4CC(CC(C4)C2)C3)cc(C23CC4CC(CC(C4)C2)C3)cc1C12CC3CC(CC(C3)C1)C2)C1CO1. The maximum Gasteiger partial charge on any atom is 0.127 e. The third-order valence-corrected chi connectivity index (χ3v) is 16.1. The molecule has 2 unspecified atom stereocenters. The average Bonchev–Trinajstić information content (AvgIpc) is 3.77. The highest BCUT2D eigenvalue weighted by atomic mass is 16.6. The molecular formula is C40H54O2. The summed E-state index contributed by atoms with van der Waals surface area (Å²) in [4.78, 5) is 0. The Bertz CT molecular complexity index is 1130. The van der Waals surface area contributed by atoms with Crippen LogP contribution in [0.15, 0.2) is 12.1 Å². The Hall–Kier alpha value is -1.02. The molecular weight excluding hydrogens is 512 g/mol. The highest BCUT2D eigenvalue weighted by molar-refractivity contribution is 5.55. The summed E-state index contributed by atoms with van der Waals surface area (Å²) in [5.74, 6) is 10.3. The normalized spacial score (nSPS) is 54.5. The topological polar surface area (TPSA) is 21.8 Å². The van der Waals surface area contributed by atoms with Crippen molar-refractivity contribution in [2.75, 3.05) is 6.61 Å². The summed E-state index contributed by atoms with van der Waals surface area (Å²) in [5, 5.41) is 0. The molecule has 2 heteroatoms. The van der Waals surface area contributed by atoms with Gasteiger partial charge in [0.2, 0.25) is 0 Å². The van der Waals surface area contributed by atoms with Gasteiger partial charge in [-0.15, -0.1) is 0 Å². The zero-order chi connectivity index (χ0) is 27.4. The standard InChI is InChI=1S/C40H54O2/c1-23(36-22-41-36)42-37-34(39-16-27-5-28(17-39)7-29(6-27)18-39)11-33(38-13-24-2-25(14-38)4-26(3-24)15-38)12-35(37)40-19-30-8-31(20-40)10-32(9-30)21-40/h11-12,23-32,36H,2-10,13-22H2,1H3. The van der Waals surface area contributed by atoms with Crippen LogP contribution in [-0.2, 0) is 21.0 Å². The zero-order valence-electron chi connectivity index (χ0n) is 26.3. The second-order valence-corrected chi connectivity index (χ2v) is 19.2. The van der Waals surface area contributed by atoms with E-state index < -0.39 is 0 Å². The fourth-order valence-corrected chi connectivity index (χ4v) is 15.8. The van der Waals surface area contributed by atoms with Gasteiger partial charge >= 0.3 is 0 Å². The van der Waals surface area contributed by atoms with Crippen molar-refractivity contribution in [1.82, 2.24) is 0 Å². The molecule has 0 spiro atoms. The minimum absolute atomic E-state index is 0.177. The average molecular weight is 567 g/mol. The number of benzene rings is 1. The van der Waals surface area contributed by atoms with E-state index >= 15 is 0 Å². The van der Waals surface area contributed by atoms with Crippen molar-refractivity contribution >= 4 is 0 Å². The van der Waals surface area contributed by atoms with E-state index in [1.807, 2.05) is 5.56 Å². The van der Waals surface area contributed by atoms with Crippen LogP contribution >= 0.6 is 0 Å². The van der Waals surface area contributed by atoms with Gasteiger partial charge in [-0.1, -0.05) is 12.1 Å². The molecule has 1 aromatic carbocycles. The second kappa shape index (κ2) is 8.41. The van der Waals surface area contributed by atoms with E-state index in [1.165, 1.54) is 102 Å². The van der Waals surface area contributed by atoms with Gasteiger partial charge in [-0.2, -0.15) is 0 Å². The Labute approximate surface area is 254 Å². The van der Waals surface area contributed by atoms with Crippen LogP contribution in [0.3, 0.4) is 0 Å². The van der Waals surface area contributed by atoms with E-state index in [-0.39, 0.29) is 6.10 Å². The van der Waals surface area contributed by atoms with Crippen molar-refractivity contribution in [1.29, 1.82) is 0 Å². The summed E-state index contributed by atoms with van der Waals surface area (Å²) >= 11 is 0. The van der Waals surface area contributed by atoms with Crippen LogP contribution in [0.1, 0.15) is 139 Å². The van der Waals surface area contributed by atoms with Crippen LogP contribution in [0.4, 0.5) is 0 Å². The highest BCUT2D eigenvalue weighted by Crippen LogP contribution is 2.68. The van der Waals surface area contributed by atoms with Gasteiger partial charge in [-0.05, 0) is 198 Å². The van der Waals surface area contributed by atoms with E-state index in [0.717, 1.165) is 59.9 Å². The molecule has 226 valence electrons. The van der Waals surface area contributed by atoms with E-state index in [4.69, 9.17) is 9.47 Å². The lowest BCUT2D eigenvalue weighted by atomic mass is 9.45. The van der Waals surface area contributed by atoms with Crippen molar-refractivity contribution < 1.29 is 9.47 Å². The molecule has 1 saturated heterocycles. The van der Waals surface area contributed by atoms with Crippen molar-refractivity contribution in [2.24, 2.45) is 53.3 Å². The molecule has 0 amide bonds. The lowest BCUT2D eigenvalue weighted by molar-refractivity contribution is -0.0144. The first-order chi connectivity index (χ1) is 20.4. The van der Waals surface area contributed by atoms with E-state index in [1.54, 1.807) is 30.4 Å². The second-order valence-electron chi connectivity index (χ2n) is 19.2. The number of ether oxygens (including phenoxy) is 2. The Morgan fingerprint density at radius 2 is 0.857 bits per heavy atom. The smallest absolute Gasteiger partial charge is 0.127 e. The third-order valence-electron chi connectivity index (χ3n) is 16.1. The minimum Gasteiger partial charge on any atom is -0.487 e. The van der Waals surface area contributed by atoms with Crippen LogP contribution in [0.25, 0.3) is 0 Å². The molecule has 13 aliphatic rings. The van der Waals surface area contributed by atoms with Gasteiger partial charge in [0.25, 0.3) is 0 Å². The molecule has 0 aromatic heterocycles. The maximum absolute atomic E-state index is 7.43. The maximum atomic E-state index is 7.43. The summed E-state index contributed by atoms with van der Waals surface area (Å²) in [6.07, 6.45) is 27.5. The molecule has 1 aromatic rings. The molecule has 1 heterocycles. The highest BCUT2D eigenvalue weighted by Gasteiger charge is 2.58. The van der Waals surface area contributed by atoms with Crippen LogP contribution in [0, 0.1) is 53.3 Å².